The molecule has 1 N–H and O–H groups in total. The monoisotopic (exact) mass is 348 g/mol. The van der Waals surface area contributed by atoms with Gasteiger partial charge in [0.05, 0.1) is 5.39 Å². The van der Waals surface area contributed by atoms with Crippen molar-refractivity contribution in [3.63, 3.8) is 0 Å². The molecule has 1 atom stereocenters. The second-order valence-corrected chi connectivity index (χ2v) is 8.20. The molecular formula is C16H20N4OS2. The summed E-state index contributed by atoms with van der Waals surface area (Å²) >= 11 is 3.60. The zero-order valence-corrected chi connectivity index (χ0v) is 14.5. The SMILES string of the molecule is O=C(NC1CCSCC1)C1CCCN1c1ncnc2sccc12. The van der Waals surface area contributed by atoms with Crippen LogP contribution in [0.2, 0.25) is 0 Å². The van der Waals surface area contributed by atoms with Crippen molar-refractivity contribution in [1.82, 2.24) is 15.3 Å². The highest BCUT2D eigenvalue weighted by molar-refractivity contribution is 7.99. The predicted molar refractivity (Wildman–Crippen MR) is 96.3 cm³/mol. The summed E-state index contributed by atoms with van der Waals surface area (Å²) in [6.45, 7) is 0.889. The molecule has 1 amide bonds. The Labute approximate surface area is 143 Å². The van der Waals surface area contributed by atoms with E-state index in [-0.39, 0.29) is 11.9 Å². The molecule has 2 saturated heterocycles. The van der Waals surface area contributed by atoms with Crippen LogP contribution in [0.25, 0.3) is 10.2 Å². The molecule has 4 rings (SSSR count). The summed E-state index contributed by atoms with van der Waals surface area (Å²) in [7, 11) is 0. The van der Waals surface area contributed by atoms with Crippen molar-refractivity contribution in [2.45, 2.75) is 37.8 Å². The molecule has 2 fully saturated rings. The standard InChI is InChI=1S/C16H20N4OS2/c21-15(19-11-3-7-22-8-4-11)13-2-1-6-20(13)14-12-5-9-23-16(12)18-10-17-14/h5,9-11,13H,1-4,6-8H2,(H,19,21). The Morgan fingerprint density at radius 3 is 3.00 bits per heavy atom. The third-order valence-electron chi connectivity index (χ3n) is 4.64. The maximum Gasteiger partial charge on any atom is 0.242 e. The summed E-state index contributed by atoms with van der Waals surface area (Å²) < 4.78 is 0. The second kappa shape index (κ2) is 6.65. The molecule has 7 heteroatoms. The average molecular weight is 348 g/mol. The van der Waals surface area contributed by atoms with Crippen LogP contribution in [0.1, 0.15) is 25.7 Å². The minimum absolute atomic E-state index is 0.0948. The number of aromatic nitrogens is 2. The summed E-state index contributed by atoms with van der Waals surface area (Å²) in [5.74, 6) is 3.39. The van der Waals surface area contributed by atoms with Crippen LogP contribution in [0.3, 0.4) is 0 Å². The van der Waals surface area contributed by atoms with E-state index in [1.165, 1.54) is 0 Å². The van der Waals surface area contributed by atoms with Gasteiger partial charge in [0.2, 0.25) is 5.91 Å². The molecule has 2 aliphatic heterocycles. The van der Waals surface area contributed by atoms with E-state index < -0.39 is 0 Å². The quantitative estimate of drug-likeness (QED) is 0.924. The lowest BCUT2D eigenvalue weighted by atomic mass is 10.1. The molecule has 0 saturated carbocycles. The number of hydrogen-bond acceptors (Lipinski definition) is 6. The number of fused-ring (bicyclic) bond motifs is 1. The zero-order valence-electron chi connectivity index (χ0n) is 12.9. The normalized spacial score (nSPS) is 22.6. The summed E-state index contributed by atoms with van der Waals surface area (Å²) in [4.78, 5) is 24.7. The fraction of sp³-hybridized carbons (Fsp3) is 0.562. The van der Waals surface area contributed by atoms with E-state index in [0.717, 1.165) is 59.8 Å². The van der Waals surface area contributed by atoms with Crippen LogP contribution < -0.4 is 10.2 Å². The number of carbonyl (C=O) groups excluding carboxylic acids is 1. The molecule has 0 radical (unpaired) electrons. The highest BCUT2D eigenvalue weighted by Crippen LogP contribution is 2.32. The average Bonchev–Trinajstić information content (AvgIpc) is 3.24. The number of hydrogen-bond donors (Lipinski definition) is 1. The minimum atomic E-state index is -0.0948. The molecule has 122 valence electrons. The van der Waals surface area contributed by atoms with E-state index in [0.29, 0.717) is 6.04 Å². The van der Waals surface area contributed by atoms with Crippen LogP contribution in [0, 0.1) is 0 Å². The molecule has 0 bridgehead atoms. The number of carbonyl (C=O) groups is 1. The van der Waals surface area contributed by atoms with Gasteiger partial charge >= 0.3 is 0 Å². The first-order valence-corrected chi connectivity index (χ1v) is 10.2. The first-order valence-electron chi connectivity index (χ1n) is 8.16. The van der Waals surface area contributed by atoms with Gasteiger partial charge in [-0.2, -0.15) is 11.8 Å². The number of nitrogens with zero attached hydrogens (tertiary/aromatic N) is 3. The van der Waals surface area contributed by atoms with Gasteiger partial charge in [0, 0.05) is 12.6 Å². The van der Waals surface area contributed by atoms with Gasteiger partial charge in [-0.3, -0.25) is 4.79 Å². The highest BCUT2D eigenvalue weighted by Gasteiger charge is 2.33. The maximum absolute atomic E-state index is 12.8. The lowest BCUT2D eigenvalue weighted by Crippen LogP contribution is -2.48. The number of thioether (sulfide) groups is 1. The molecular weight excluding hydrogens is 328 g/mol. The Bertz CT molecular complexity index is 698. The van der Waals surface area contributed by atoms with Crippen molar-refractivity contribution < 1.29 is 4.79 Å². The van der Waals surface area contributed by atoms with Gasteiger partial charge in [-0.15, -0.1) is 11.3 Å². The van der Waals surface area contributed by atoms with Crippen LogP contribution in [-0.4, -0.2) is 46.0 Å². The smallest absolute Gasteiger partial charge is 0.242 e. The first-order chi connectivity index (χ1) is 11.3. The van der Waals surface area contributed by atoms with E-state index in [4.69, 9.17) is 0 Å². The Balaban J connectivity index is 1.54. The molecule has 2 aromatic heterocycles. The van der Waals surface area contributed by atoms with Crippen molar-refractivity contribution in [1.29, 1.82) is 0 Å². The van der Waals surface area contributed by atoms with Gasteiger partial charge in [-0.1, -0.05) is 0 Å². The van der Waals surface area contributed by atoms with E-state index in [2.05, 4.69) is 26.3 Å². The molecule has 4 heterocycles. The molecule has 2 aromatic rings. The topological polar surface area (TPSA) is 58.1 Å². The predicted octanol–water partition coefficient (Wildman–Crippen LogP) is 2.67. The maximum atomic E-state index is 12.8. The summed E-state index contributed by atoms with van der Waals surface area (Å²) in [6, 6.07) is 2.31. The number of thiophene rings is 1. The Kier molecular flexibility index (Phi) is 4.39. The molecule has 23 heavy (non-hydrogen) atoms. The third-order valence-corrected chi connectivity index (χ3v) is 6.51. The van der Waals surface area contributed by atoms with Gasteiger partial charge in [0.15, 0.2) is 0 Å². The van der Waals surface area contributed by atoms with E-state index >= 15 is 0 Å². The Morgan fingerprint density at radius 2 is 2.13 bits per heavy atom. The summed E-state index contributed by atoms with van der Waals surface area (Å²) in [6.07, 6.45) is 5.73. The van der Waals surface area contributed by atoms with E-state index in [1.54, 1.807) is 17.7 Å². The Hall–Kier alpha value is -1.34. The third kappa shape index (κ3) is 3.04. The summed E-state index contributed by atoms with van der Waals surface area (Å²) in [5, 5.41) is 6.36. The molecule has 1 unspecified atom stereocenters. The Morgan fingerprint density at radius 1 is 1.26 bits per heavy atom. The van der Waals surface area contributed by atoms with Crippen LogP contribution in [0.5, 0.6) is 0 Å². The molecule has 0 aromatic carbocycles. The highest BCUT2D eigenvalue weighted by atomic mass is 32.2. The van der Waals surface area contributed by atoms with Gasteiger partial charge in [-0.25, -0.2) is 9.97 Å². The minimum Gasteiger partial charge on any atom is -0.352 e. The van der Waals surface area contributed by atoms with Crippen molar-refractivity contribution in [2.75, 3.05) is 23.0 Å². The van der Waals surface area contributed by atoms with Gasteiger partial charge < -0.3 is 10.2 Å². The van der Waals surface area contributed by atoms with Gasteiger partial charge in [-0.05, 0) is 48.6 Å². The molecule has 5 nitrogen and oxygen atoms in total. The lowest BCUT2D eigenvalue weighted by molar-refractivity contribution is -0.122. The lowest BCUT2D eigenvalue weighted by Gasteiger charge is -2.29. The van der Waals surface area contributed by atoms with Crippen LogP contribution in [0.4, 0.5) is 5.82 Å². The summed E-state index contributed by atoms with van der Waals surface area (Å²) in [5.41, 5.74) is 0. The van der Waals surface area contributed by atoms with Crippen molar-refractivity contribution in [2.24, 2.45) is 0 Å². The number of rotatable bonds is 3. The van der Waals surface area contributed by atoms with Crippen molar-refractivity contribution >= 4 is 45.0 Å². The molecule has 0 spiro atoms. The van der Waals surface area contributed by atoms with Crippen LogP contribution >= 0.6 is 23.1 Å². The molecule has 0 aliphatic carbocycles. The fourth-order valence-electron chi connectivity index (χ4n) is 3.44. The van der Waals surface area contributed by atoms with Crippen LogP contribution in [0.15, 0.2) is 17.8 Å². The van der Waals surface area contributed by atoms with Gasteiger partial charge in [0.1, 0.15) is 23.0 Å². The second-order valence-electron chi connectivity index (χ2n) is 6.08. The number of nitrogens with one attached hydrogen (secondary N) is 1. The first kappa shape index (κ1) is 15.2. The van der Waals surface area contributed by atoms with E-state index in [9.17, 15) is 4.79 Å². The molecule has 2 aliphatic rings. The van der Waals surface area contributed by atoms with Crippen LogP contribution in [-0.2, 0) is 4.79 Å². The zero-order chi connectivity index (χ0) is 15.6. The van der Waals surface area contributed by atoms with E-state index in [1.807, 2.05) is 17.1 Å². The van der Waals surface area contributed by atoms with Gasteiger partial charge in [0.25, 0.3) is 0 Å². The number of anilines is 1. The number of amides is 1. The largest absolute Gasteiger partial charge is 0.352 e. The fourth-order valence-corrected chi connectivity index (χ4v) is 5.27. The van der Waals surface area contributed by atoms with Crippen molar-refractivity contribution in [3.05, 3.63) is 17.8 Å². The van der Waals surface area contributed by atoms with Crippen molar-refractivity contribution in [3.8, 4) is 0 Å².